The van der Waals surface area contributed by atoms with Crippen molar-refractivity contribution in [2.45, 2.75) is 13.3 Å². The van der Waals surface area contributed by atoms with Crippen LogP contribution in [-0.4, -0.2) is 54.9 Å². The van der Waals surface area contributed by atoms with Gasteiger partial charge in [-0.1, -0.05) is 6.92 Å². The minimum atomic E-state index is -1.01. The number of methoxy groups -OCH3 is 1. The van der Waals surface area contributed by atoms with Crippen LogP contribution >= 0.6 is 11.3 Å². The summed E-state index contributed by atoms with van der Waals surface area (Å²) in [6.45, 7) is 1.65. The molecule has 0 bridgehead atoms. The minimum Gasteiger partial charge on any atom is -0.497 e. The van der Waals surface area contributed by atoms with Crippen molar-refractivity contribution in [2.75, 3.05) is 32.6 Å². The number of carboxylic acids is 1. The number of aliphatic carboxylic acids is 1. The molecule has 0 saturated heterocycles. The summed E-state index contributed by atoms with van der Waals surface area (Å²) in [6, 6.07) is 8.56. The lowest BCUT2D eigenvalue weighted by atomic mass is 10.0. The van der Waals surface area contributed by atoms with E-state index in [1.54, 1.807) is 44.5 Å². The van der Waals surface area contributed by atoms with E-state index in [1.165, 1.54) is 16.2 Å². The van der Waals surface area contributed by atoms with Crippen LogP contribution in [0.3, 0.4) is 0 Å². The molecule has 0 unspecified atom stereocenters. The number of nitrogens with zero attached hydrogens (tertiary/aromatic N) is 1. The van der Waals surface area contributed by atoms with Gasteiger partial charge in [-0.05, 0) is 43.8 Å². The maximum Gasteiger partial charge on any atom is 0.317 e. The fourth-order valence-corrected chi connectivity index (χ4v) is 3.48. The van der Waals surface area contributed by atoms with Gasteiger partial charge in [-0.2, -0.15) is 0 Å². The maximum absolute atomic E-state index is 12.9. The summed E-state index contributed by atoms with van der Waals surface area (Å²) in [4.78, 5) is 38.2. The summed E-state index contributed by atoms with van der Waals surface area (Å²) in [5.41, 5.74) is 0.922. The van der Waals surface area contributed by atoms with E-state index in [4.69, 9.17) is 9.84 Å². The Morgan fingerprint density at radius 2 is 1.85 bits per heavy atom. The third-order valence-corrected chi connectivity index (χ3v) is 4.99. The van der Waals surface area contributed by atoms with Crippen molar-refractivity contribution in [3.05, 3.63) is 46.3 Å². The van der Waals surface area contributed by atoms with E-state index in [1.807, 2.05) is 6.92 Å². The fraction of sp³-hybridized carbons (Fsp3) is 0.316. The highest BCUT2D eigenvalue weighted by Gasteiger charge is 2.20. The van der Waals surface area contributed by atoms with Crippen LogP contribution in [0.25, 0.3) is 0 Å². The van der Waals surface area contributed by atoms with Crippen molar-refractivity contribution in [2.24, 2.45) is 0 Å². The molecule has 2 rings (SSSR count). The van der Waals surface area contributed by atoms with Crippen LogP contribution < -0.4 is 10.1 Å². The monoisotopic (exact) mass is 390 g/mol. The molecule has 7 nitrogen and oxygen atoms in total. The van der Waals surface area contributed by atoms with Crippen LogP contribution in [0, 0.1) is 0 Å². The summed E-state index contributed by atoms with van der Waals surface area (Å²) in [5, 5.41) is 12.0. The molecular weight excluding hydrogens is 368 g/mol. The Hall–Kier alpha value is -2.71. The van der Waals surface area contributed by atoms with E-state index in [2.05, 4.69) is 5.32 Å². The third-order valence-electron chi connectivity index (χ3n) is 3.80. The van der Waals surface area contributed by atoms with Gasteiger partial charge in [0, 0.05) is 10.4 Å². The number of ketones is 1. The number of amides is 1. The molecule has 0 fully saturated rings. The SMILES string of the molecule is CCc1cc(C(=O)c2ccc(OC)cc2)c(NC(=O)CN(C)CC(=O)O)s1. The predicted octanol–water partition coefficient (Wildman–Crippen LogP) is 2.50. The van der Waals surface area contributed by atoms with Gasteiger partial charge in [0.1, 0.15) is 10.8 Å². The second-order valence-electron chi connectivity index (χ2n) is 5.98. The topological polar surface area (TPSA) is 95.9 Å². The predicted molar refractivity (Wildman–Crippen MR) is 104 cm³/mol. The lowest BCUT2D eigenvalue weighted by Crippen LogP contribution is -2.33. The first-order chi connectivity index (χ1) is 12.8. The van der Waals surface area contributed by atoms with E-state index in [9.17, 15) is 14.4 Å². The van der Waals surface area contributed by atoms with Gasteiger partial charge < -0.3 is 15.2 Å². The van der Waals surface area contributed by atoms with E-state index in [0.717, 1.165) is 11.3 Å². The number of thiophene rings is 1. The molecule has 0 aliphatic rings. The lowest BCUT2D eigenvalue weighted by molar-refractivity contribution is -0.138. The molecule has 2 aromatic rings. The first kappa shape index (κ1) is 20.6. The van der Waals surface area contributed by atoms with Crippen LogP contribution in [0.4, 0.5) is 5.00 Å². The second-order valence-corrected chi connectivity index (χ2v) is 7.12. The molecule has 1 aromatic carbocycles. The molecule has 2 N–H and O–H groups in total. The quantitative estimate of drug-likeness (QED) is 0.639. The van der Waals surface area contributed by atoms with Crippen LogP contribution in [-0.2, 0) is 16.0 Å². The van der Waals surface area contributed by atoms with Crippen LogP contribution in [0.15, 0.2) is 30.3 Å². The Morgan fingerprint density at radius 1 is 1.19 bits per heavy atom. The van der Waals surface area contributed by atoms with Gasteiger partial charge in [0.25, 0.3) is 0 Å². The molecule has 0 atom stereocenters. The summed E-state index contributed by atoms with van der Waals surface area (Å²) in [7, 11) is 3.10. The number of likely N-dealkylation sites (N-methyl/N-ethyl adjacent to an activating group) is 1. The fourth-order valence-electron chi connectivity index (χ4n) is 2.47. The number of rotatable bonds is 9. The molecule has 0 saturated carbocycles. The third kappa shape index (κ3) is 5.63. The van der Waals surface area contributed by atoms with Gasteiger partial charge in [-0.25, -0.2) is 0 Å². The molecule has 1 aromatic heterocycles. The van der Waals surface area contributed by atoms with Crippen molar-refractivity contribution in [3.8, 4) is 5.75 Å². The number of hydrogen-bond donors (Lipinski definition) is 2. The summed E-state index contributed by atoms with van der Waals surface area (Å²) in [6.07, 6.45) is 0.738. The number of ether oxygens (including phenoxy) is 1. The zero-order chi connectivity index (χ0) is 20.0. The number of nitrogens with one attached hydrogen (secondary N) is 1. The van der Waals surface area contributed by atoms with Crippen molar-refractivity contribution >= 4 is 34.0 Å². The normalized spacial score (nSPS) is 10.7. The van der Waals surface area contributed by atoms with Crippen LogP contribution in [0.5, 0.6) is 5.75 Å². The number of carboxylic acid groups (broad SMARTS) is 1. The zero-order valence-corrected chi connectivity index (χ0v) is 16.3. The second kappa shape index (κ2) is 9.29. The zero-order valence-electron chi connectivity index (χ0n) is 15.4. The summed E-state index contributed by atoms with van der Waals surface area (Å²) >= 11 is 1.35. The van der Waals surface area contributed by atoms with Crippen molar-refractivity contribution < 1.29 is 24.2 Å². The highest BCUT2D eigenvalue weighted by atomic mass is 32.1. The molecule has 0 aliphatic heterocycles. The largest absolute Gasteiger partial charge is 0.497 e. The van der Waals surface area contributed by atoms with Gasteiger partial charge in [0.2, 0.25) is 5.91 Å². The van der Waals surface area contributed by atoms with Gasteiger partial charge in [0.05, 0.1) is 25.8 Å². The Balaban J connectivity index is 2.19. The van der Waals surface area contributed by atoms with Gasteiger partial charge in [0.15, 0.2) is 5.78 Å². The molecule has 0 aliphatic carbocycles. The summed E-state index contributed by atoms with van der Waals surface area (Å²) < 4.78 is 5.10. The Labute approximate surface area is 161 Å². The molecular formula is C19H22N2O5S. The van der Waals surface area contributed by atoms with Crippen molar-refractivity contribution in [3.63, 3.8) is 0 Å². The summed E-state index contributed by atoms with van der Waals surface area (Å²) in [5.74, 6) is -0.916. The standard InChI is InChI=1S/C19H22N2O5S/c1-4-14-9-15(18(25)12-5-7-13(26-3)8-6-12)19(27-14)20-16(22)10-21(2)11-17(23)24/h5-9H,4,10-11H2,1-3H3,(H,20,22)(H,23,24). The number of aryl methyl sites for hydroxylation is 1. The van der Waals surface area contributed by atoms with E-state index in [0.29, 0.717) is 21.9 Å². The molecule has 1 amide bonds. The minimum absolute atomic E-state index is 0.0815. The number of anilines is 1. The first-order valence-electron chi connectivity index (χ1n) is 8.35. The Morgan fingerprint density at radius 3 is 2.41 bits per heavy atom. The van der Waals surface area contributed by atoms with Gasteiger partial charge in [-0.3, -0.25) is 19.3 Å². The van der Waals surface area contributed by atoms with Crippen molar-refractivity contribution in [1.29, 1.82) is 0 Å². The molecule has 1 heterocycles. The average molecular weight is 390 g/mol. The van der Waals surface area contributed by atoms with E-state index in [-0.39, 0.29) is 24.8 Å². The highest BCUT2D eigenvalue weighted by molar-refractivity contribution is 7.16. The molecule has 144 valence electrons. The Bertz CT molecular complexity index is 829. The van der Waals surface area contributed by atoms with Gasteiger partial charge >= 0.3 is 5.97 Å². The Kier molecular flexibility index (Phi) is 7.09. The maximum atomic E-state index is 12.9. The van der Waals surface area contributed by atoms with E-state index < -0.39 is 5.97 Å². The highest BCUT2D eigenvalue weighted by Crippen LogP contribution is 2.31. The molecule has 0 radical (unpaired) electrons. The molecule has 0 spiro atoms. The number of benzene rings is 1. The number of carbonyl (C=O) groups is 3. The van der Waals surface area contributed by atoms with Crippen LogP contribution in [0.1, 0.15) is 27.7 Å². The molecule has 27 heavy (non-hydrogen) atoms. The van der Waals surface area contributed by atoms with Crippen LogP contribution in [0.2, 0.25) is 0 Å². The number of hydrogen-bond acceptors (Lipinski definition) is 6. The molecule has 8 heteroatoms. The lowest BCUT2D eigenvalue weighted by Gasteiger charge is -2.13. The smallest absolute Gasteiger partial charge is 0.317 e. The first-order valence-corrected chi connectivity index (χ1v) is 9.17. The number of carbonyl (C=O) groups excluding carboxylic acids is 2. The van der Waals surface area contributed by atoms with Crippen molar-refractivity contribution in [1.82, 2.24) is 4.90 Å². The average Bonchev–Trinajstić information content (AvgIpc) is 3.03. The van der Waals surface area contributed by atoms with Gasteiger partial charge in [-0.15, -0.1) is 11.3 Å². The van der Waals surface area contributed by atoms with E-state index >= 15 is 0 Å².